The Balaban J connectivity index is 4.30. The molecular formula is C11H19NO4S. The SMILES string of the molecule is CC(CC(=O)O)S(=O)(=O)CCCC(C)(C)C#N. The lowest BCUT2D eigenvalue weighted by Gasteiger charge is -2.15. The topological polar surface area (TPSA) is 95.2 Å². The Morgan fingerprint density at radius 2 is 2.00 bits per heavy atom. The Kier molecular flexibility index (Phi) is 5.62. The van der Waals surface area contributed by atoms with Gasteiger partial charge in [0.05, 0.1) is 28.9 Å². The molecule has 6 heteroatoms. The zero-order valence-electron chi connectivity index (χ0n) is 10.4. The molecule has 1 unspecified atom stereocenters. The maximum absolute atomic E-state index is 11.7. The van der Waals surface area contributed by atoms with Crippen LogP contribution in [0.25, 0.3) is 0 Å². The number of sulfone groups is 1. The van der Waals surface area contributed by atoms with Crippen LogP contribution in [0.2, 0.25) is 0 Å². The molecule has 0 spiro atoms. The van der Waals surface area contributed by atoms with Crippen molar-refractivity contribution >= 4 is 15.8 Å². The molecule has 0 aromatic rings. The molecule has 0 saturated carbocycles. The van der Waals surface area contributed by atoms with Crippen LogP contribution in [0.5, 0.6) is 0 Å². The predicted molar refractivity (Wildman–Crippen MR) is 64.1 cm³/mol. The van der Waals surface area contributed by atoms with Crippen molar-refractivity contribution in [1.82, 2.24) is 0 Å². The number of carboxylic acid groups (broad SMARTS) is 1. The lowest BCUT2D eigenvalue weighted by Crippen LogP contribution is -2.24. The van der Waals surface area contributed by atoms with Gasteiger partial charge in [0.25, 0.3) is 0 Å². The number of hydrogen-bond acceptors (Lipinski definition) is 4. The Hall–Kier alpha value is -1.09. The number of carboxylic acids is 1. The monoisotopic (exact) mass is 261 g/mol. The Morgan fingerprint density at radius 3 is 2.41 bits per heavy atom. The zero-order chi connectivity index (χ0) is 13.7. The van der Waals surface area contributed by atoms with Crippen molar-refractivity contribution in [3.63, 3.8) is 0 Å². The smallest absolute Gasteiger partial charge is 0.304 e. The molecule has 0 aliphatic heterocycles. The molecule has 0 aliphatic rings. The van der Waals surface area contributed by atoms with E-state index in [0.717, 1.165) is 0 Å². The van der Waals surface area contributed by atoms with Gasteiger partial charge in [-0.3, -0.25) is 4.79 Å². The minimum atomic E-state index is -3.38. The summed E-state index contributed by atoms with van der Waals surface area (Å²) in [4.78, 5) is 10.4. The summed E-state index contributed by atoms with van der Waals surface area (Å²) >= 11 is 0. The second kappa shape index (κ2) is 6.01. The van der Waals surface area contributed by atoms with E-state index in [9.17, 15) is 13.2 Å². The normalized spacial score (nSPS) is 14.0. The number of nitrogens with zero attached hydrogens (tertiary/aromatic N) is 1. The van der Waals surface area contributed by atoms with E-state index in [-0.39, 0.29) is 12.2 Å². The van der Waals surface area contributed by atoms with E-state index < -0.39 is 26.5 Å². The second-order valence-electron chi connectivity index (χ2n) is 4.87. The molecule has 0 bridgehead atoms. The predicted octanol–water partition coefficient (Wildman–Crippen LogP) is 1.59. The van der Waals surface area contributed by atoms with Gasteiger partial charge in [-0.2, -0.15) is 5.26 Å². The lowest BCUT2D eigenvalue weighted by atomic mass is 9.90. The van der Waals surface area contributed by atoms with Gasteiger partial charge in [-0.05, 0) is 33.6 Å². The van der Waals surface area contributed by atoms with Gasteiger partial charge in [0.15, 0.2) is 9.84 Å². The summed E-state index contributed by atoms with van der Waals surface area (Å²) in [7, 11) is -3.38. The van der Waals surface area contributed by atoms with E-state index in [0.29, 0.717) is 12.8 Å². The highest BCUT2D eigenvalue weighted by Gasteiger charge is 2.24. The average Bonchev–Trinajstić information content (AvgIpc) is 2.16. The first-order valence-electron chi connectivity index (χ1n) is 5.45. The Labute approximate surface area is 102 Å². The first-order valence-corrected chi connectivity index (χ1v) is 7.17. The van der Waals surface area contributed by atoms with E-state index in [4.69, 9.17) is 10.4 Å². The van der Waals surface area contributed by atoms with Crippen molar-refractivity contribution in [3.05, 3.63) is 0 Å². The third kappa shape index (κ3) is 6.27. The summed E-state index contributed by atoms with van der Waals surface area (Å²) < 4.78 is 23.4. The quantitative estimate of drug-likeness (QED) is 0.751. The molecule has 0 fully saturated rings. The molecule has 1 N–H and O–H groups in total. The molecule has 5 nitrogen and oxygen atoms in total. The van der Waals surface area contributed by atoms with Crippen molar-refractivity contribution in [1.29, 1.82) is 5.26 Å². The first-order chi connectivity index (χ1) is 7.60. The van der Waals surface area contributed by atoms with E-state index in [1.165, 1.54) is 6.92 Å². The third-order valence-corrected chi connectivity index (χ3v) is 4.86. The average molecular weight is 261 g/mol. The van der Waals surface area contributed by atoms with Gasteiger partial charge in [-0.1, -0.05) is 0 Å². The van der Waals surface area contributed by atoms with Crippen LogP contribution in [0.1, 0.15) is 40.0 Å². The summed E-state index contributed by atoms with van der Waals surface area (Å²) in [6.45, 7) is 4.90. The number of carbonyl (C=O) groups is 1. The number of nitriles is 1. The fourth-order valence-electron chi connectivity index (χ4n) is 1.35. The van der Waals surface area contributed by atoms with Crippen molar-refractivity contribution in [2.24, 2.45) is 5.41 Å². The maximum atomic E-state index is 11.7. The van der Waals surface area contributed by atoms with Gasteiger partial charge >= 0.3 is 5.97 Å². The van der Waals surface area contributed by atoms with Crippen molar-refractivity contribution in [3.8, 4) is 6.07 Å². The van der Waals surface area contributed by atoms with Crippen molar-refractivity contribution < 1.29 is 18.3 Å². The molecule has 0 aromatic carbocycles. The van der Waals surface area contributed by atoms with Crippen LogP contribution in [0, 0.1) is 16.7 Å². The lowest BCUT2D eigenvalue weighted by molar-refractivity contribution is -0.136. The molecule has 0 aliphatic carbocycles. The Morgan fingerprint density at radius 1 is 1.47 bits per heavy atom. The second-order valence-corrected chi connectivity index (χ2v) is 7.41. The van der Waals surface area contributed by atoms with Crippen LogP contribution < -0.4 is 0 Å². The highest BCUT2D eigenvalue weighted by Crippen LogP contribution is 2.21. The third-order valence-electron chi connectivity index (χ3n) is 2.61. The minimum absolute atomic E-state index is 0.0629. The molecule has 1 atom stereocenters. The summed E-state index contributed by atoms with van der Waals surface area (Å²) in [6, 6.07) is 2.10. The standard InChI is InChI=1S/C11H19NO4S/c1-9(7-10(13)14)17(15,16)6-4-5-11(2,3)8-12/h9H,4-7H2,1-3H3,(H,13,14). The van der Waals surface area contributed by atoms with Crippen LogP contribution in [0.4, 0.5) is 0 Å². The van der Waals surface area contributed by atoms with E-state index in [2.05, 4.69) is 6.07 Å². The van der Waals surface area contributed by atoms with E-state index >= 15 is 0 Å². The highest BCUT2D eigenvalue weighted by atomic mass is 32.2. The summed E-state index contributed by atoms with van der Waals surface area (Å²) in [5.74, 6) is -1.18. The summed E-state index contributed by atoms with van der Waals surface area (Å²) in [6.07, 6.45) is 0.499. The molecule has 0 aromatic heterocycles. The minimum Gasteiger partial charge on any atom is -0.481 e. The largest absolute Gasteiger partial charge is 0.481 e. The highest BCUT2D eigenvalue weighted by molar-refractivity contribution is 7.92. The van der Waals surface area contributed by atoms with Crippen LogP contribution in [-0.2, 0) is 14.6 Å². The van der Waals surface area contributed by atoms with Crippen LogP contribution in [-0.4, -0.2) is 30.5 Å². The van der Waals surface area contributed by atoms with Gasteiger partial charge in [0, 0.05) is 0 Å². The van der Waals surface area contributed by atoms with Crippen molar-refractivity contribution in [2.75, 3.05) is 5.75 Å². The van der Waals surface area contributed by atoms with Crippen LogP contribution in [0.15, 0.2) is 0 Å². The van der Waals surface area contributed by atoms with Crippen molar-refractivity contribution in [2.45, 2.75) is 45.3 Å². The molecule has 0 heterocycles. The molecule has 98 valence electrons. The fraction of sp³-hybridized carbons (Fsp3) is 0.818. The van der Waals surface area contributed by atoms with E-state index in [1.54, 1.807) is 13.8 Å². The van der Waals surface area contributed by atoms with E-state index in [1.807, 2.05) is 0 Å². The number of hydrogen-bond donors (Lipinski definition) is 1. The molecule has 0 radical (unpaired) electrons. The first kappa shape index (κ1) is 15.9. The van der Waals surface area contributed by atoms with Gasteiger partial charge in [-0.15, -0.1) is 0 Å². The number of aliphatic carboxylic acids is 1. The zero-order valence-corrected chi connectivity index (χ0v) is 11.2. The van der Waals surface area contributed by atoms with Gasteiger partial charge in [-0.25, -0.2) is 8.42 Å². The molecule has 17 heavy (non-hydrogen) atoms. The summed E-state index contributed by atoms with van der Waals surface area (Å²) in [5, 5.41) is 16.4. The maximum Gasteiger partial charge on any atom is 0.304 e. The molecule has 0 rings (SSSR count). The molecule has 0 amide bonds. The van der Waals surface area contributed by atoms with Crippen LogP contribution >= 0.6 is 0 Å². The fourth-order valence-corrected chi connectivity index (χ4v) is 2.69. The van der Waals surface area contributed by atoms with Gasteiger partial charge in [0.2, 0.25) is 0 Å². The van der Waals surface area contributed by atoms with Gasteiger partial charge in [0.1, 0.15) is 0 Å². The molecular weight excluding hydrogens is 242 g/mol. The number of rotatable bonds is 7. The molecule has 0 saturated heterocycles. The summed E-state index contributed by atoms with van der Waals surface area (Å²) in [5.41, 5.74) is -0.536. The Bertz CT molecular complexity index is 406. The van der Waals surface area contributed by atoms with Gasteiger partial charge < -0.3 is 5.11 Å². The van der Waals surface area contributed by atoms with Crippen LogP contribution in [0.3, 0.4) is 0 Å².